The van der Waals surface area contributed by atoms with Gasteiger partial charge in [-0.25, -0.2) is 9.38 Å². The topological polar surface area (TPSA) is 101 Å². The molecule has 1 unspecified atom stereocenters. The smallest absolute Gasteiger partial charge is 0.258 e. The van der Waals surface area contributed by atoms with Crippen LogP contribution < -0.4 is 10.1 Å². The highest BCUT2D eigenvalue weighted by Crippen LogP contribution is 2.28. The van der Waals surface area contributed by atoms with Crippen molar-refractivity contribution in [3.8, 4) is 5.75 Å². The zero-order valence-corrected chi connectivity index (χ0v) is 19.4. The van der Waals surface area contributed by atoms with Gasteiger partial charge in [0.05, 0.1) is 41.7 Å². The fourth-order valence-corrected chi connectivity index (χ4v) is 4.33. The van der Waals surface area contributed by atoms with E-state index in [-0.39, 0.29) is 48.7 Å². The van der Waals surface area contributed by atoms with Gasteiger partial charge in [-0.2, -0.15) is 0 Å². The zero-order valence-electron chi connectivity index (χ0n) is 18.6. The summed E-state index contributed by atoms with van der Waals surface area (Å²) in [7, 11) is 0. The fourth-order valence-electron chi connectivity index (χ4n) is 4.24. The molecule has 1 aromatic rings. The van der Waals surface area contributed by atoms with Crippen molar-refractivity contribution < 1.29 is 19.0 Å². The Labute approximate surface area is 196 Å². The quantitative estimate of drug-likeness (QED) is 0.607. The largest absolute Gasteiger partial charge is 0.488 e. The minimum absolute atomic E-state index is 0.0646. The van der Waals surface area contributed by atoms with Crippen molar-refractivity contribution in [3.63, 3.8) is 0 Å². The number of likely N-dealkylation sites (tertiary alicyclic amines) is 2. The van der Waals surface area contributed by atoms with Crippen molar-refractivity contribution in [1.29, 1.82) is 5.41 Å². The lowest BCUT2D eigenvalue weighted by molar-refractivity contribution is 0.0796. The van der Waals surface area contributed by atoms with Crippen LogP contribution in [0, 0.1) is 11.2 Å². The van der Waals surface area contributed by atoms with E-state index in [2.05, 4.69) is 15.2 Å². The van der Waals surface area contributed by atoms with E-state index in [9.17, 15) is 9.18 Å². The minimum atomic E-state index is -0.487. The van der Waals surface area contributed by atoms with Gasteiger partial charge in [0.25, 0.3) is 5.91 Å². The Balaban J connectivity index is 1.53. The van der Waals surface area contributed by atoms with E-state index in [0.717, 1.165) is 18.7 Å². The summed E-state index contributed by atoms with van der Waals surface area (Å²) in [4.78, 5) is 21.4. The van der Waals surface area contributed by atoms with E-state index in [1.165, 1.54) is 23.1 Å². The molecule has 0 aliphatic carbocycles. The molecule has 3 aliphatic rings. The van der Waals surface area contributed by atoms with Crippen molar-refractivity contribution in [1.82, 2.24) is 15.1 Å². The Morgan fingerprint density at radius 2 is 2.18 bits per heavy atom. The predicted molar refractivity (Wildman–Crippen MR) is 124 cm³/mol. The number of halogens is 2. The van der Waals surface area contributed by atoms with Crippen LogP contribution in [0.3, 0.4) is 0 Å². The summed E-state index contributed by atoms with van der Waals surface area (Å²) in [6, 6.07) is 3.89. The normalized spacial score (nSPS) is 23.8. The molecule has 8 nitrogen and oxygen atoms in total. The number of hydrogen-bond donors (Lipinski definition) is 3. The standard InChI is InChI=1S/C23H27ClFN5O3/c1-13-21(24)14(2)28-22(27-13)18-11-30(12-19(18)26)23(32)17-4-3-15(25)9-20(17)33-16-5-6-29(10-16)7-8-31/h3-4,9,16,26-27,31H,5-8,10-12H2,1-2H3/b22-18+,26-19?. The number of aliphatic hydroxyl groups is 1. The summed E-state index contributed by atoms with van der Waals surface area (Å²) in [6.07, 6.45) is 0.537. The third kappa shape index (κ3) is 4.95. The average Bonchev–Trinajstić information content (AvgIpc) is 3.38. The molecule has 33 heavy (non-hydrogen) atoms. The third-order valence-electron chi connectivity index (χ3n) is 5.98. The molecule has 3 heterocycles. The van der Waals surface area contributed by atoms with E-state index < -0.39 is 5.82 Å². The number of nitrogens with one attached hydrogen (secondary N) is 2. The van der Waals surface area contributed by atoms with Gasteiger partial charge in [0.1, 0.15) is 23.5 Å². The van der Waals surface area contributed by atoms with Gasteiger partial charge in [-0.3, -0.25) is 9.69 Å². The van der Waals surface area contributed by atoms with Gasteiger partial charge in [-0.1, -0.05) is 11.6 Å². The SMILES string of the molecule is CC1=N/C(=C2\CN(C(=O)c3ccc(F)cc3OC3CCN(CCO)C3)CC2=N)NC(C)=C1Cl. The summed E-state index contributed by atoms with van der Waals surface area (Å²) < 4.78 is 20.0. The van der Waals surface area contributed by atoms with Crippen LogP contribution >= 0.6 is 11.6 Å². The first-order valence-corrected chi connectivity index (χ1v) is 11.2. The van der Waals surface area contributed by atoms with E-state index in [1.54, 1.807) is 6.92 Å². The molecule has 1 atom stereocenters. The first-order valence-electron chi connectivity index (χ1n) is 10.9. The Kier molecular flexibility index (Phi) is 6.83. The second kappa shape index (κ2) is 9.62. The Morgan fingerprint density at radius 3 is 2.91 bits per heavy atom. The van der Waals surface area contributed by atoms with Gasteiger partial charge in [-0.15, -0.1) is 0 Å². The van der Waals surface area contributed by atoms with Crippen LogP contribution in [0.1, 0.15) is 30.6 Å². The number of rotatable bonds is 5. The number of hydrogen-bond acceptors (Lipinski definition) is 7. The Morgan fingerprint density at radius 1 is 1.39 bits per heavy atom. The first-order chi connectivity index (χ1) is 15.8. The molecular weight excluding hydrogens is 449 g/mol. The summed E-state index contributed by atoms with van der Waals surface area (Å²) in [5, 5.41) is 21.2. The summed E-state index contributed by atoms with van der Waals surface area (Å²) >= 11 is 6.20. The molecule has 4 rings (SSSR count). The number of aliphatic hydroxyl groups excluding tert-OH is 1. The third-order valence-corrected chi connectivity index (χ3v) is 6.54. The van der Waals surface area contributed by atoms with Crippen molar-refractivity contribution in [2.24, 2.45) is 4.99 Å². The zero-order chi connectivity index (χ0) is 23.7. The van der Waals surface area contributed by atoms with Crippen LogP contribution in [-0.4, -0.2) is 77.7 Å². The lowest BCUT2D eigenvalue weighted by atomic mass is 10.1. The molecule has 3 aliphatic heterocycles. The number of aliphatic imine (C=N–C) groups is 1. The maximum Gasteiger partial charge on any atom is 0.258 e. The van der Waals surface area contributed by atoms with Crippen LogP contribution in [-0.2, 0) is 0 Å². The van der Waals surface area contributed by atoms with E-state index in [4.69, 9.17) is 26.9 Å². The van der Waals surface area contributed by atoms with Crippen LogP contribution in [0.25, 0.3) is 0 Å². The second-order valence-corrected chi connectivity index (χ2v) is 8.80. The highest BCUT2D eigenvalue weighted by molar-refractivity contribution is 6.43. The van der Waals surface area contributed by atoms with Crippen molar-refractivity contribution >= 4 is 28.9 Å². The van der Waals surface area contributed by atoms with Crippen LogP contribution in [0.4, 0.5) is 4.39 Å². The predicted octanol–water partition coefficient (Wildman–Crippen LogP) is 2.49. The van der Waals surface area contributed by atoms with Crippen molar-refractivity contribution in [2.75, 3.05) is 39.3 Å². The number of ether oxygens (including phenoxy) is 1. The van der Waals surface area contributed by atoms with Gasteiger partial charge in [0.2, 0.25) is 0 Å². The Bertz CT molecular complexity index is 1080. The van der Waals surface area contributed by atoms with Gasteiger partial charge < -0.3 is 25.5 Å². The molecule has 176 valence electrons. The molecule has 10 heteroatoms. The van der Waals surface area contributed by atoms with Gasteiger partial charge in [0, 0.05) is 37.0 Å². The monoisotopic (exact) mass is 475 g/mol. The molecule has 2 saturated heterocycles. The van der Waals surface area contributed by atoms with Gasteiger partial charge in [-0.05, 0) is 32.4 Å². The maximum atomic E-state index is 14.0. The number of carbonyl (C=O) groups is 1. The number of β-amino-alcohol motifs (C(OH)–C–C–N with tert-alkyl or cyclic N) is 1. The summed E-state index contributed by atoms with van der Waals surface area (Å²) in [5.74, 6) is -0.115. The van der Waals surface area contributed by atoms with E-state index in [1.807, 2.05) is 6.92 Å². The van der Waals surface area contributed by atoms with Crippen LogP contribution in [0.2, 0.25) is 0 Å². The lowest BCUT2D eigenvalue weighted by Gasteiger charge is -2.21. The number of benzene rings is 1. The van der Waals surface area contributed by atoms with Crippen molar-refractivity contribution in [3.05, 3.63) is 51.7 Å². The molecule has 0 radical (unpaired) electrons. The van der Waals surface area contributed by atoms with E-state index in [0.29, 0.717) is 35.2 Å². The molecule has 2 fully saturated rings. The molecule has 1 amide bonds. The van der Waals surface area contributed by atoms with E-state index >= 15 is 0 Å². The molecule has 0 aromatic heterocycles. The highest BCUT2D eigenvalue weighted by atomic mass is 35.5. The molecule has 0 spiro atoms. The van der Waals surface area contributed by atoms with Crippen LogP contribution in [0.5, 0.6) is 5.75 Å². The molecule has 1 aromatic carbocycles. The Hall–Kier alpha value is -2.75. The lowest BCUT2D eigenvalue weighted by Crippen LogP contribution is -2.31. The molecule has 0 bridgehead atoms. The second-order valence-electron chi connectivity index (χ2n) is 8.42. The van der Waals surface area contributed by atoms with Gasteiger partial charge in [0.15, 0.2) is 0 Å². The minimum Gasteiger partial charge on any atom is -0.488 e. The number of carbonyl (C=O) groups excluding carboxylic acids is 1. The molecule has 3 N–H and O–H groups in total. The number of nitrogens with zero attached hydrogens (tertiary/aromatic N) is 3. The number of amides is 1. The summed E-state index contributed by atoms with van der Waals surface area (Å²) in [5.41, 5.74) is 2.55. The highest BCUT2D eigenvalue weighted by Gasteiger charge is 2.33. The summed E-state index contributed by atoms with van der Waals surface area (Å²) in [6.45, 7) is 5.94. The number of allylic oxidation sites excluding steroid dienone is 2. The van der Waals surface area contributed by atoms with Crippen LogP contribution in [0.15, 0.2) is 45.3 Å². The molecule has 0 saturated carbocycles. The van der Waals surface area contributed by atoms with Gasteiger partial charge >= 0.3 is 0 Å². The average molecular weight is 476 g/mol. The first kappa shape index (κ1) is 23.4. The van der Waals surface area contributed by atoms with Crippen molar-refractivity contribution in [2.45, 2.75) is 26.4 Å². The maximum absolute atomic E-state index is 14.0. The fraction of sp³-hybridized carbons (Fsp3) is 0.435. The molecular formula is C23H27ClFN5O3.